The molecule has 0 saturated carbocycles. The monoisotopic (exact) mass is 344 g/mol. The highest BCUT2D eigenvalue weighted by molar-refractivity contribution is 9.09. The third kappa shape index (κ3) is 3.04. The summed E-state index contributed by atoms with van der Waals surface area (Å²) in [6.07, 6.45) is 2.53. The van der Waals surface area contributed by atoms with E-state index in [-0.39, 0.29) is 10.9 Å². The van der Waals surface area contributed by atoms with E-state index in [0.29, 0.717) is 11.9 Å². The topological polar surface area (TPSA) is 36.9 Å². The minimum absolute atomic E-state index is 0.0308. The standard InChI is InChI=1S/C15H21BrO4/c1-9-5-6-11(20-9)15(16)14-12(18-3)7-10(17-2)8-13(14)19-4/h7-9,11,15H,5-6H2,1-4H3. The Labute approximate surface area is 128 Å². The minimum atomic E-state index is 0.0308. The van der Waals surface area contributed by atoms with Gasteiger partial charge in [0.05, 0.1) is 43.9 Å². The first kappa shape index (κ1) is 15.4. The molecule has 112 valence electrons. The molecule has 3 unspecified atom stereocenters. The molecule has 1 aliphatic heterocycles. The summed E-state index contributed by atoms with van der Waals surface area (Å²) in [5, 5.41) is 0. The molecule has 1 fully saturated rings. The Bertz CT molecular complexity index is 438. The molecule has 5 heteroatoms. The molecule has 1 aromatic carbocycles. The van der Waals surface area contributed by atoms with Gasteiger partial charge in [0.1, 0.15) is 17.2 Å². The Morgan fingerprint density at radius 3 is 2.10 bits per heavy atom. The fourth-order valence-corrected chi connectivity index (χ4v) is 3.38. The average Bonchev–Trinajstić information content (AvgIpc) is 2.91. The molecule has 0 radical (unpaired) electrons. The first-order valence-electron chi connectivity index (χ1n) is 6.70. The number of halogens is 1. The van der Waals surface area contributed by atoms with Crippen molar-refractivity contribution in [2.75, 3.05) is 21.3 Å². The second-order valence-electron chi connectivity index (χ2n) is 4.91. The smallest absolute Gasteiger partial charge is 0.130 e. The largest absolute Gasteiger partial charge is 0.496 e. The van der Waals surface area contributed by atoms with E-state index >= 15 is 0 Å². The molecule has 20 heavy (non-hydrogen) atoms. The van der Waals surface area contributed by atoms with Gasteiger partial charge in [0.25, 0.3) is 0 Å². The van der Waals surface area contributed by atoms with Crippen LogP contribution in [0.15, 0.2) is 12.1 Å². The third-order valence-corrected chi connectivity index (χ3v) is 4.67. The van der Waals surface area contributed by atoms with Gasteiger partial charge in [-0.3, -0.25) is 0 Å². The molecular formula is C15H21BrO4. The van der Waals surface area contributed by atoms with Crippen LogP contribution in [0.25, 0.3) is 0 Å². The van der Waals surface area contributed by atoms with E-state index in [1.165, 1.54) is 0 Å². The summed E-state index contributed by atoms with van der Waals surface area (Å²) in [6.45, 7) is 2.10. The van der Waals surface area contributed by atoms with Gasteiger partial charge in [-0.15, -0.1) is 0 Å². The van der Waals surface area contributed by atoms with Crippen molar-refractivity contribution in [3.63, 3.8) is 0 Å². The predicted molar refractivity (Wildman–Crippen MR) is 81.3 cm³/mol. The molecule has 0 spiro atoms. The lowest BCUT2D eigenvalue weighted by atomic mass is 10.0. The molecule has 0 aliphatic carbocycles. The molecule has 1 aliphatic rings. The summed E-state index contributed by atoms with van der Waals surface area (Å²) >= 11 is 3.74. The van der Waals surface area contributed by atoms with Gasteiger partial charge < -0.3 is 18.9 Å². The van der Waals surface area contributed by atoms with Crippen molar-refractivity contribution in [3.05, 3.63) is 17.7 Å². The number of alkyl halides is 1. The number of ether oxygens (including phenoxy) is 4. The van der Waals surface area contributed by atoms with Crippen molar-refractivity contribution >= 4 is 15.9 Å². The Hall–Kier alpha value is -0.940. The zero-order valence-corrected chi connectivity index (χ0v) is 13.9. The van der Waals surface area contributed by atoms with E-state index in [2.05, 4.69) is 22.9 Å². The van der Waals surface area contributed by atoms with Crippen LogP contribution in [-0.4, -0.2) is 33.5 Å². The number of hydrogen-bond donors (Lipinski definition) is 0. The zero-order valence-electron chi connectivity index (χ0n) is 12.3. The zero-order chi connectivity index (χ0) is 14.7. The number of hydrogen-bond acceptors (Lipinski definition) is 4. The van der Waals surface area contributed by atoms with Gasteiger partial charge >= 0.3 is 0 Å². The normalized spacial score (nSPS) is 23.4. The Kier molecular flexibility index (Phi) is 5.16. The van der Waals surface area contributed by atoms with Gasteiger partial charge in [-0.25, -0.2) is 0 Å². The lowest BCUT2D eigenvalue weighted by molar-refractivity contribution is 0.0549. The second kappa shape index (κ2) is 6.68. The van der Waals surface area contributed by atoms with Crippen LogP contribution in [0.5, 0.6) is 17.2 Å². The summed E-state index contributed by atoms with van der Waals surface area (Å²) < 4.78 is 22.2. The molecule has 1 heterocycles. The Morgan fingerprint density at radius 1 is 1.10 bits per heavy atom. The molecule has 0 bridgehead atoms. The maximum Gasteiger partial charge on any atom is 0.130 e. The van der Waals surface area contributed by atoms with Crippen molar-refractivity contribution in [2.45, 2.75) is 36.8 Å². The first-order chi connectivity index (χ1) is 9.60. The van der Waals surface area contributed by atoms with Crippen LogP contribution in [0, 0.1) is 0 Å². The fraction of sp³-hybridized carbons (Fsp3) is 0.600. The van der Waals surface area contributed by atoms with E-state index in [4.69, 9.17) is 18.9 Å². The highest BCUT2D eigenvalue weighted by atomic mass is 79.9. The second-order valence-corrected chi connectivity index (χ2v) is 5.90. The minimum Gasteiger partial charge on any atom is -0.496 e. The van der Waals surface area contributed by atoms with Crippen LogP contribution in [0.2, 0.25) is 0 Å². The summed E-state index contributed by atoms with van der Waals surface area (Å²) in [5.74, 6) is 2.19. The van der Waals surface area contributed by atoms with Crippen molar-refractivity contribution in [1.29, 1.82) is 0 Å². The van der Waals surface area contributed by atoms with Crippen LogP contribution < -0.4 is 14.2 Å². The van der Waals surface area contributed by atoms with Crippen molar-refractivity contribution in [2.24, 2.45) is 0 Å². The van der Waals surface area contributed by atoms with Crippen LogP contribution in [0.3, 0.4) is 0 Å². The summed E-state index contributed by atoms with van der Waals surface area (Å²) in [6, 6.07) is 3.73. The molecule has 4 nitrogen and oxygen atoms in total. The van der Waals surface area contributed by atoms with Crippen LogP contribution >= 0.6 is 15.9 Å². The van der Waals surface area contributed by atoms with Crippen molar-refractivity contribution in [1.82, 2.24) is 0 Å². The molecular weight excluding hydrogens is 324 g/mol. The lowest BCUT2D eigenvalue weighted by Gasteiger charge is -2.23. The van der Waals surface area contributed by atoms with E-state index < -0.39 is 0 Å². The molecule has 1 saturated heterocycles. The molecule has 0 aromatic heterocycles. The highest BCUT2D eigenvalue weighted by Gasteiger charge is 2.33. The fourth-order valence-electron chi connectivity index (χ4n) is 2.54. The average molecular weight is 345 g/mol. The van der Waals surface area contributed by atoms with Crippen LogP contribution in [-0.2, 0) is 4.74 Å². The molecule has 3 atom stereocenters. The van der Waals surface area contributed by atoms with E-state index in [1.807, 2.05) is 12.1 Å². The maximum atomic E-state index is 5.94. The molecule has 1 aromatic rings. The van der Waals surface area contributed by atoms with Crippen molar-refractivity contribution < 1.29 is 18.9 Å². The van der Waals surface area contributed by atoms with Gasteiger partial charge in [-0.2, -0.15) is 0 Å². The molecule has 0 amide bonds. The van der Waals surface area contributed by atoms with E-state index in [1.54, 1.807) is 21.3 Å². The summed E-state index contributed by atoms with van der Waals surface area (Å²) in [5.41, 5.74) is 0.968. The van der Waals surface area contributed by atoms with Gasteiger partial charge in [0, 0.05) is 12.1 Å². The number of methoxy groups -OCH3 is 3. The highest BCUT2D eigenvalue weighted by Crippen LogP contribution is 2.46. The Morgan fingerprint density at radius 2 is 1.70 bits per heavy atom. The number of benzene rings is 1. The quantitative estimate of drug-likeness (QED) is 0.763. The van der Waals surface area contributed by atoms with E-state index in [9.17, 15) is 0 Å². The van der Waals surface area contributed by atoms with Crippen LogP contribution in [0.1, 0.15) is 30.2 Å². The molecule has 2 rings (SSSR count). The molecule has 0 N–H and O–H groups in total. The van der Waals surface area contributed by atoms with Gasteiger partial charge in [-0.05, 0) is 19.8 Å². The maximum absolute atomic E-state index is 5.94. The third-order valence-electron chi connectivity index (χ3n) is 3.62. The SMILES string of the molecule is COc1cc(OC)c(C(Br)C2CCC(C)O2)c(OC)c1. The Balaban J connectivity index is 2.38. The van der Waals surface area contributed by atoms with Gasteiger partial charge in [0.2, 0.25) is 0 Å². The van der Waals surface area contributed by atoms with Crippen LogP contribution in [0.4, 0.5) is 0 Å². The first-order valence-corrected chi connectivity index (χ1v) is 7.61. The van der Waals surface area contributed by atoms with E-state index in [0.717, 1.165) is 29.9 Å². The van der Waals surface area contributed by atoms with Gasteiger partial charge in [0.15, 0.2) is 0 Å². The number of rotatable bonds is 5. The lowest BCUT2D eigenvalue weighted by Crippen LogP contribution is -2.16. The summed E-state index contributed by atoms with van der Waals surface area (Å²) in [4.78, 5) is 0.0308. The van der Waals surface area contributed by atoms with Gasteiger partial charge in [-0.1, -0.05) is 15.9 Å². The van der Waals surface area contributed by atoms with Crippen molar-refractivity contribution in [3.8, 4) is 17.2 Å². The summed E-state index contributed by atoms with van der Waals surface area (Å²) in [7, 11) is 4.92. The predicted octanol–water partition coefficient (Wildman–Crippen LogP) is 3.72.